The van der Waals surface area contributed by atoms with Crippen LogP contribution in [-0.2, 0) is 4.79 Å². The number of hydrogen-bond donors (Lipinski definition) is 3. The van der Waals surface area contributed by atoms with Crippen LogP contribution in [0, 0.1) is 0 Å². The van der Waals surface area contributed by atoms with Crippen LogP contribution in [-0.4, -0.2) is 30.7 Å². The maximum absolute atomic E-state index is 11.5. The summed E-state index contributed by atoms with van der Waals surface area (Å²) in [5.74, 6) is -0.144. The lowest BCUT2D eigenvalue weighted by atomic mass is 10.1. The summed E-state index contributed by atoms with van der Waals surface area (Å²) in [5, 5.41) is 14.9. The van der Waals surface area contributed by atoms with E-state index in [1.165, 1.54) is 0 Å². The first-order valence-corrected chi connectivity index (χ1v) is 5.54. The van der Waals surface area contributed by atoms with Gasteiger partial charge in [0, 0.05) is 6.54 Å². The van der Waals surface area contributed by atoms with Crippen LogP contribution in [0.3, 0.4) is 0 Å². The number of nitrogens with one attached hydrogen (secondary N) is 2. The molecule has 0 fully saturated rings. The van der Waals surface area contributed by atoms with Crippen LogP contribution in [0.2, 0.25) is 0 Å². The summed E-state index contributed by atoms with van der Waals surface area (Å²) < 4.78 is 0. The summed E-state index contributed by atoms with van der Waals surface area (Å²) in [6.45, 7) is 4.24. The SMILES string of the molecule is C=CCNCC(=O)N[C@@H](CO)c1ccccc1. The van der Waals surface area contributed by atoms with Gasteiger partial charge >= 0.3 is 0 Å². The molecule has 1 aromatic carbocycles. The van der Waals surface area contributed by atoms with E-state index in [1.54, 1.807) is 6.08 Å². The number of rotatable bonds is 7. The Balaban J connectivity index is 2.47. The molecular weight excluding hydrogens is 216 g/mol. The van der Waals surface area contributed by atoms with Crippen molar-refractivity contribution in [2.24, 2.45) is 0 Å². The topological polar surface area (TPSA) is 61.4 Å². The predicted molar refractivity (Wildman–Crippen MR) is 67.5 cm³/mol. The van der Waals surface area contributed by atoms with Crippen molar-refractivity contribution in [3.8, 4) is 0 Å². The van der Waals surface area contributed by atoms with Gasteiger partial charge in [0.1, 0.15) is 0 Å². The first kappa shape index (κ1) is 13.4. The van der Waals surface area contributed by atoms with Crippen molar-refractivity contribution in [2.45, 2.75) is 6.04 Å². The molecule has 4 heteroatoms. The van der Waals surface area contributed by atoms with Gasteiger partial charge in [-0.15, -0.1) is 6.58 Å². The Morgan fingerprint density at radius 1 is 1.41 bits per heavy atom. The van der Waals surface area contributed by atoms with Crippen molar-refractivity contribution in [3.05, 3.63) is 48.6 Å². The summed E-state index contributed by atoms with van der Waals surface area (Å²) in [5.41, 5.74) is 0.895. The van der Waals surface area contributed by atoms with Crippen LogP contribution in [0.15, 0.2) is 43.0 Å². The van der Waals surface area contributed by atoms with Crippen molar-refractivity contribution in [2.75, 3.05) is 19.7 Å². The zero-order valence-electron chi connectivity index (χ0n) is 9.73. The lowest BCUT2D eigenvalue weighted by Crippen LogP contribution is -2.37. The molecule has 0 heterocycles. The Hall–Kier alpha value is -1.65. The minimum absolute atomic E-state index is 0.114. The van der Waals surface area contributed by atoms with E-state index < -0.39 is 0 Å². The lowest BCUT2D eigenvalue weighted by Gasteiger charge is -2.16. The average Bonchev–Trinajstić information content (AvgIpc) is 2.37. The van der Waals surface area contributed by atoms with Gasteiger partial charge in [0.2, 0.25) is 5.91 Å². The molecule has 0 aliphatic heterocycles. The molecule has 0 unspecified atom stereocenters. The molecular formula is C13H18N2O2. The van der Waals surface area contributed by atoms with Crippen LogP contribution in [0.25, 0.3) is 0 Å². The fourth-order valence-corrected chi connectivity index (χ4v) is 1.45. The third kappa shape index (κ3) is 4.80. The van der Waals surface area contributed by atoms with Crippen molar-refractivity contribution < 1.29 is 9.90 Å². The first-order chi connectivity index (χ1) is 8.27. The van der Waals surface area contributed by atoms with Gasteiger partial charge in [0.15, 0.2) is 0 Å². The number of aliphatic hydroxyl groups is 1. The van der Waals surface area contributed by atoms with Crippen molar-refractivity contribution in [3.63, 3.8) is 0 Å². The van der Waals surface area contributed by atoms with Gasteiger partial charge in [0.05, 0.1) is 19.2 Å². The smallest absolute Gasteiger partial charge is 0.234 e. The Labute approximate surface area is 101 Å². The molecule has 0 aliphatic rings. The normalized spacial score (nSPS) is 11.8. The highest BCUT2D eigenvalue weighted by molar-refractivity contribution is 5.78. The standard InChI is InChI=1S/C13H18N2O2/c1-2-8-14-9-13(17)15-12(10-16)11-6-4-3-5-7-11/h2-7,12,14,16H,1,8-10H2,(H,15,17)/t12-/m0/s1. The largest absolute Gasteiger partial charge is 0.394 e. The van der Waals surface area contributed by atoms with Gasteiger partial charge in [-0.25, -0.2) is 0 Å². The van der Waals surface area contributed by atoms with Crippen LogP contribution < -0.4 is 10.6 Å². The number of amides is 1. The summed E-state index contributed by atoms with van der Waals surface area (Å²) >= 11 is 0. The molecule has 0 spiro atoms. The number of aliphatic hydroxyl groups excluding tert-OH is 1. The molecule has 0 saturated carbocycles. The zero-order valence-corrected chi connectivity index (χ0v) is 9.73. The van der Waals surface area contributed by atoms with E-state index in [4.69, 9.17) is 0 Å². The summed E-state index contributed by atoms with van der Waals surface area (Å²) in [4.78, 5) is 11.5. The van der Waals surface area contributed by atoms with Crippen molar-refractivity contribution in [1.82, 2.24) is 10.6 Å². The quantitative estimate of drug-likeness (QED) is 0.478. The fraction of sp³-hybridized carbons (Fsp3) is 0.308. The van der Waals surface area contributed by atoms with Gasteiger partial charge in [-0.2, -0.15) is 0 Å². The second-order valence-corrected chi connectivity index (χ2v) is 3.63. The van der Waals surface area contributed by atoms with E-state index in [2.05, 4.69) is 17.2 Å². The van der Waals surface area contributed by atoms with Crippen molar-refractivity contribution in [1.29, 1.82) is 0 Å². The molecule has 0 radical (unpaired) electrons. The van der Waals surface area contributed by atoms with Crippen LogP contribution in [0.1, 0.15) is 11.6 Å². The Kier molecular flexibility index (Phi) is 5.99. The van der Waals surface area contributed by atoms with E-state index in [0.29, 0.717) is 6.54 Å². The van der Waals surface area contributed by atoms with Gasteiger partial charge in [0.25, 0.3) is 0 Å². The molecule has 17 heavy (non-hydrogen) atoms. The van der Waals surface area contributed by atoms with Crippen LogP contribution >= 0.6 is 0 Å². The summed E-state index contributed by atoms with van der Waals surface area (Å²) in [7, 11) is 0. The van der Waals surface area contributed by atoms with Crippen LogP contribution in [0.4, 0.5) is 0 Å². The Bertz CT molecular complexity index is 352. The number of carbonyl (C=O) groups is 1. The third-order valence-electron chi connectivity index (χ3n) is 2.29. The molecule has 0 aromatic heterocycles. The lowest BCUT2D eigenvalue weighted by molar-refractivity contribution is -0.121. The Morgan fingerprint density at radius 3 is 2.71 bits per heavy atom. The molecule has 4 nitrogen and oxygen atoms in total. The second kappa shape index (κ2) is 7.60. The van der Waals surface area contributed by atoms with Gasteiger partial charge in [-0.1, -0.05) is 36.4 Å². The van der Waals surface area contributed by atoms with E-state index in [9.17, 15) is 9.90 Å². The highest BCUT2D eigenvalue weighted by atomic mass is 16.3. The molecule has 1 rings (SSSR count). The molecule has 92 valence electrons. The predicted octanol–water partition coefficient (Wildman–Crippen LogP) is 0.612. The van der Waals surface area contributed by atoms with Gasteiger partial charge in [-0.3, -0.25) is 4.79 Å². The van der Waals surface area contributed by atoms with E-state index in [-0.39, 0.29) is 25.1 Å². The minimum atomic E-state index is -0.353. The number of benzene rings is 1. The maximum Gasteiger partial charge on any atom is 0.234 e. The first-order valence-electron chi connectivity index (χ1n) is 5.54. The molecule has 3 N–H and O–H groups in total. The van der Waals surface area contributed by atoms with Gasteiger partial charge < -0.3 is 15.7 Å². The summed E-state index contributed by atoms with van der Waals surface area (Å²) in [6, 6.07) is 9.04. The molecule has 1 aromatic rings. The molecule has 0 saturated heterocycles. The molecule has 1 atom stereocenters. The average molecular weight is 234 g/mol. The van der Waals surface area contributed by atoms with E-state index >= 15 is 0 Å². The van der Waals surface area contributed by atoms with E-state index in [1.807, 2.05) is 30.3 Å². The van der Waals surface area contributed by atoms with Gasteiger partial charge in [-0.05, 0) is 5.56 Å². The number of carbonyl (C=O) groups excluding carboxylic acids is 1. The number of hydrogen-bond acceptors (Lipinski definition) is 3. The highest BCUT2D eigenvalue weighted by Gasteiger charge is 2.12. The fourth-order valence-electron chi connectivity index (χ4n) is 1.45. The molecule has 0 aliphatic carbocycles. The van der Waals surface area contributed by atoms with Crippen LogP contribution in [0.5, 0.6) is 0 Å². The van der Waals surface area contributed by atoms with E-state index in [0.717, 1.165) is 5.56 Å². The molecule has 1 amide bonds. The molecule has 0 bridgehead atoms. The second-order valence-electron chi connectivity index (χ2n) is 3.63. The monoisotopic (exact) mass is 234 g/mol. The third-order valence-corrected chi connectivity index (χ3v) is 2.29. The maximum atomic E-state index is 11.5. The highest BCUT2D eigenvalue weighted by Crippen LogP contribution is 2.10. The minimum Gasteiger partial charge on any atom is -0.394 e. The van der Waals surface area contributed by atoms with Crippen molar-refractivity contribution >= 4 is 5.91 Å². The Morgan fingerprint density at radius 2 is 2.12 bits per heavy atom. The zero-order chi connectivity index (χ0) is 12.5. The summed E-state index contributed by atoms with van der Waals surface area (Å²) in [6.07, 6.45) is 1.69.